The molecule has 74 valence electrons. The van der Waals surface area contributed by atoms with Crippen molar-refractivity contribution in [2.75, 3.05) is 0 Å². The summed E-state index contributed by atoms with van der Waals surface area (Å²) in [7, 11) is 0. The summed E-state index contributed by atoms with van der Waals surface area (Å²) < 4.78 is 0. The predicted molar refractivity (Wildman–Crippen MR) is 49.3 cm³/mol. The van der Waals surface area contributed by atoms with Crippen molar-refractivity contribution in [3.05, 3.63) is 12.2 Å². The Morgan fingerprint density at radius 1 is 1.54 bits per heavy atom. The second-order valence-electron chi connectivity index (χ2n) is 2.90. The third kappa shape index (κ3) is 5.00. The van der Waals surface area contributed by atoms with E-state index in [0.717, 1.165) is 12.0 Å². The Morgan fingerprint density at radius 3 is 2.38 bits per heavy atom. The molecule has 0 aliphatic heterocycles. The van der Waals surface area contributed by atoms with E-state index in [0.29, 0.717) is 6.42 Å². The molecule has 4 heteroatoms. The molecule has 0 aromatic carbocycles. The molecular weight excluding hydrogens is 170 g/mol. The van der Waals surface area contributed by atoms with Crippen LogP contribution in [-0.2, 0) is 9.59 Å². The molecule has 0 aromatic rings. The molecular formula is C9H15NO3. The van der Waals surface area contributed by atoms with Gasteiger partial charge in [-0.05, 0) is 12.8 Å². The zero-order chi connectivity index (χ0) is 10.4. The first kappa shape index (κ1) is 11.7. The van der Waals surface area contributed by atoms with Crippen LogP contribution in [0.2, 0.25) is 0 Å². The first-order valence-corrected chi connectivity index (χ1v) is 4.14. The summed E-state index contributed by atoms with van der Waals surface area (Å²) in [5.74, 6) is -1.36. The Bertz CT molecular complexity index is 223. The average molecular weight is 185 g/mol. The van der Waals surface area contributed by atoms with Crippen LogP contribution in [0.15, 0.2) is 12.2 Å². The zero-order valence-corrected chi connectivity index (χ0v) is 7.96. The highest BCUT2D eigenvalue weighted by molar-refractivity contribution is 5.82. The maximum Gasteiger partial charge on any atom is 0.326 e. The standard InChI is InChI=1S/C9H15NO3/c1-4-6(2)5-8(9(12)13)10-7(3)11/h8H,2,4-5H2,1,3H3,(H,10,11)(H,12,13). The van der Waals surface area contributed by atoms with Crippen LogP contribution in [-0.4, -0.2) is 23.0 Å². The molecule has 0 spiro atoms. The van der Waals surface area contributed by atoms with Crippen molar-refractivity contribution in [1.29, 1.82) is 0 Å². The van der Waals surface area contributed by atoms with Gasteiger partial charge in [-0.25, -0.2) is 4.79 Å². The van der Waals surface area contributed by atoms with Gasteiger partial charge >= 0.3 is 5.97 Å². The summed E-state index contributed by atoms with van der Waals surface area (Å²) >= 11 is 0. The Kier molecular flexibility index (Phi) is 4.80. The normalized spacial score (nSPS) is 11.8. The number of aliphatic carboxylic acids is 1. The van der Waals surface area contributed by atoms with Gasteiger partial charge in [0.05, 0.1) is 0 Å². The number of carbonyl (C=O) groups is 2. The number of nitrogens with one attached hydrogen (secondary N) is 1. The molecule has 0 heterocycles. The molecule has 1 amide bonds. The first-order valence-electron chi connectivity index (χ1n) is 4.14. The third-order valence-corrected chi connectivity index (χ3v) is 1.67. The maximum atomic E-state index is 10.6. The largest absolute Gasteiger partial charge is 0.480 e. The van der Waals surface area contributed by atoms with Gasteiger partial charge in [0.15, 0.2) is 0 Å². The summed E-state index contributed by atoms with van der Waals surface area (Å²) in [4.78, 5) is 21.3. The Hall–Kier alpha value is -1.32. The second kappa shape index (κ2) is 5.35. The van der Waals surface area contributed by atoms with Crippen molar-refractivity contribution >= 4 is 11.9 Å². The third-order valence-electron chi connectivity index (χ3n) is 1.67. The minimum absolute atomic E-state index is 0.297. The number of carboxylic acids is 1. The van der Waals surface area contributed by atoms with Crippen LogP contribution in [0.5, 0.6) is 0 Å². The summed E-state index contributed by atoms with van der Waals surface area (Å²) in [6.07, 6.45) is 1.02. The van der Waals surface area contributed by atoms with Crippen LogP contribution in [0.25, 0.3) is 0 Å². The SMILES string of the molecule is C=C(CC)CC(NC(C)=O)C(=O)O. The summed E-state index contributed by atoms with van der Waals surface area (Å²) in [6.45, 7) is 6.88. The smallest absolute Gasteiger partial charge is 0.326 e. The van der Waals surface area contributed by atoms with Crippen molar-refractivity contribution in [3.8, 4) is 0 Å². The lowest BCUT2D eigenvalue weighted by Crippen LogP contribution is -2.39. The predicted octanol–water partition coefficient (Wildman–Crippen LogP) is 0.932. The Balaban J connectivity index is 4.18. The fraction of sp³-hybridized carbons (Fsp3) is 0.556. The van der Waals surface area contributed by atoms with Gasteiger partial charge in [-0.15, -0.1) is 0 Å². The topological polar surface area (TPSA) is 66.4 Å². The van der Waals surface area contributed by atoms with E-state index in [1.165, 1.54) is 6.92 Å². The minimum Gasteiger partial charge on any atom is -0.480 e. The number of amides is 1. The molecule has 0 aromatic heterocycles. The molecule has 4 nitrogen and oxygen atoms in total. The fourth-order valence-electron chi connectivity index (χ4n) is 0.878. The fourth-order valence-corrected chi connectivity index (χ4v) is 0.878. The molecule has 13 heavy (non-hydrogen) atoms. The number of hydrogen-bond acceptors (Lipinski definition) is 2. The van der Waals surface area contributed by atoms with Gasteiger partial charge < -0.3 is 10.4 Å². The number of hydrogen-bond donors (Lipinski definition) is 2. The summed E-state index contributed by atoms with van der Waals surface area (Å²) in [5, 5.41) is 11.1. The van der Waals surface area contributed by atoms with Gasteiger partial charge in [-0.1, -0.05) is 19.1 Å². The van der Waals surface area contributed by atoms with Crippen LogP contribution in [0.3, 0.4) is 0 Å². The average Bonchev–Trinajstić information content (AvgIpc) is 2.02. The van der Waals surface area contributed by atoms with Crippen LogP contribution in [0, 0.1) is 0 Å². The highest BCUT2D eigenvalue weighted by atomic mass is 16.4. The van der Waals surface area contributed by atoms with Gasteiger partial charge in [0, 0.05) is 6.92 Å². The molecule has 0 rings (SSSR count). The molecule has 0 aliphatic rings. The highest BCUT2D eigenvalue weighted by Crippen LogP contribution is 2.06. The summed E-state index contributed by atoms with van der Waals surface area (Å²) in [6, 6.07) is -0.843. The molecule has 0 aliphatic carbocycles. The van der Waals surface area contributed by atoms with E-state index in [-0.39, 0.29) is 5.91 Å². The number of rotatable bonds is 5. The molecule has 0 bridgehead atoms. The monoisotopic (exact) mass is 185 g/mol. The second-order valence-corrected chi connectivity index (χ2v) is 2.90. The van der Waals surface area contributed by atoms with Crippen molar-refractivity contribution in [3.63, 3.8) is 0 Å². The van der Waals surface area contributed by atoms with Crippen LogP contribution in [0.4, 0.5) is 0 Å². The lowest BCUT2D eigenvalue weighted by Gasteiger charge is -2.13. The van der Waals surface area contributed by atoms with E-state index in [4.69, 9.17) is 5.11 Å². The van der Waals surface area contributed by atoms with E-state index >= 15 is 0 Å². The number of carboxylic acid groups (broad SMARTS) is 1. The number of carbonyl (C=O) groups excluding carboxylic acids is 1. The van der Waals surface area contributed by atoms with E-state index in [1.54, 1.807) is 0 Å². The van der Waals surface area contributed by atoms with Crippen molar-refractivity contribution in [2.45, 2.75) is 32.7 Å². The van der Waals surface area contributed by atoms with Crippen molar-refractivity contribution < 1.29 is 14.7 Å². The lowest BCUT2D eigenvalue weighted by molar-refractivity contribution is -0.141. The molecule has 1 atom stereocenters. The highest BCUT2D eigenvalue weighted by Gasteiger charge is 2.18. The van der Waals surface area contributed by atoms with Crippen LogP contribution in [0.1, 0.15) is 26.7 Å². The van der Waals surface area contributed by atoms with Gasteiger partial charge in [0.2, 0.25) is 5.91 Å². The quantitative estimate of drug-likeness (QED) is 0.626. The zero-order valence-electron chi connectivity index (χ0n) is 7.96. The van der Waals surface area contributed by atoms with Gasteiger partial charge in [0.25, 0.3) is 0 Å². The van der Waals surface area contributed by atoms with Crippen molar-refractivity contribution in [2.24, 2.45) is 0 Å². The molecule has 0 fully saturated rings. The molecule has 1 unspecified atom stereocenters. The van der Waals surface area contributed by atoms with E-state index in [1.807, 2.05) is 6.92 Å². The molecule has 0 radical (unpaired) electrons. The molecule has 0 saturated heterocycles. The Labute approximate surface area is 77.6 Å². The molecule has 2 N–H and O–H groups in total. The van der Waals surface area contributed by atoms with E-state index in [9.17, 15) is 9.59 Å². The lowest BCUT2D eigenvalue weighted by atomic mass is 10.1. The first-order chi connectivity index (χ1) is 5.97. The van der Waals surface area contributed by atoms with Crippen LogP contribution < -0.4 is 5.32 Å². The van der Waals surface area contributed by atoms with Gasteiger partial charge in [0.1, 0.15) is 6.04 Å². The van der Waals surface area contributed by atoms with Gasteiger partial charge in [-0.3, -0.25) is 4.79 Å². The minimum atomic E-state index is -1.02. The van der Waals surface area contributed by atoms with E-state index in [2.05, 4.69) is 11.9 Å². The summed E-state index contributed by atoms with van der Waals surface area (Å²) in [5.41, 5.74) is 0.821. The van der Waals surface area contributed by atoms with Gasteiger partial charge in [-0.2, -0.15) is 0 Å². The molecule has 0 saturated carbocycles. The Morgan fingerprint density at radius 2 is 2.08 bits per heavy atom. The van der Waals surface area contributed by atoms with Crippen LogP contribution >= 0.6 is 0 Å². The van der Waals surface area contributed by atoms with Crippen molar-refractivity contribution in [1.82, 2.24) is 5.32 Å². The maximum absolute atomic E-state index is 10.6. The van der Waals surface area contributed by atoms with E-state index < -0.39 is 12.0 Å².